The Hall–Kier alpha value is -1.35. The number of hydrogen-bond acceptors (Lipinski definition) is 3. The molecule has 2 N–H and O–H groups in total. The molecule has 1 unspecified atom stereocenters. The number of esters is 1. The summed E-state index contributed by atoms with van der Waals surface area (Å²) in [5, 5.41) is 0. The van der Waals surface area contributed by atoms with Crippen molar-refractivity contribution in [3.8, 4) is 5.75 Å². The zero-order chi connectivity index (χ0) is 12.3. The van der Waals surface area contributed by atoms with E-state index in [0.29, 0.717) is 5.75 Å². The molecule has 3 nitrogen and oxygen atoms in total. The SMILES string of the molecule is Cc1cc(C)cc(OC(=O)C(N)C(C)C)c1. The number of benzene rings is 1. The van der Waals surface area contributed by atoms with Crippen LogP contribution in [-0.2, 0) is 4.79 Å². The Kier molecular flexibility index (Phi) is 4.07. The van der Waals surface area contributed by atoms with Crippen LogP contribution in [0.2, 0.25) is 0 Å². The first kappa shape index (κ1) is 12.7. The number of ether oxygens (including phenoxy) is 1. The molecular formula is C13H19NO2. The Morgan fingerprint density at radius 3 is 2.12 bits per heavy atom. The minimum Gasteiger partial charge on any atom is -0.425 e. The van der Waals surface area contributed by atoms with Gasteiger partial charge >= 0.3 is 5.97 Å². The van der Waals surface area contributed by atoms with Gasteiger partial charge in [0.05, 0.1) is 0 Å². The molecule has 0 aliphatic carbocycles. The van der Waals surface area contributed by atoms with Gasteiger partial charge < -0.3 is 10.5 Å². The summed E-state index contributed by atoms with van der Waals surface area (Å²) < 4.78 is 5.24. The molecule has 0 fully saturated rings. The van der Waals surface area contributed by atoms with E-state index in [2.05, 4.69) is 0 Å². The molecule has 3 heteroatoms. The second-order valence-electron chi connectivity index (χ2n) is 4.51. The Labute approximate surface area is 96.6 Å². The lowest BCUT2D eigenvalue weighted by molar-refractivity contribution is -0.136. The quantitative estimate of drug-likeness (QED) is 0.628. The first-order valence-electron chi connectivity index (χ1n) is 5.45. The van der Waals surface area contributed by atoms with Crippen molar-refractivity contribution < 1.29 is 9.53 Å². The van der Waals surface area contributed by atoms with E-state index in [4.69, 9.17) is 10.5 Å². The lowest BCUT2D eigenvalue weighted by Gasteiger charge is -2.14. The predicted molar refractivity (Wildman–Crippen MR) is 64.4 cm³/mol. The predicted octanol–water partition coefficient (Wildman–Crippen LogP) is 2.19. The van der Waals surface area contributed by atoms with Crippen molar-refractivity contribution in [2.45, 2.75) is 33.7 Å². The first-order valence-corrected chi connectivity index (χ1v) is 5.45. The summed E-state index contributed by atoms with van der Waals surface area (Å²) in [5.41, 5.74) is 7.85. The van der Waals surface area contributed by atoms with E-state index in [-0.39, 0.29) is 11.9 Å². The molecule has 88 valence electrons. The molecule has 0 bridgehead atoms. The molecule has 0 aliphatic rings. The van der Waals surface area contributed by atoms with E-state index in [1.54, 1.807) is 0 Å². The van der Waals surface area contributed by atoms with Crippen LogP contribution in [0.3, 0.4) is 0 Å². The summed E-state index contributed by atoms with van der Waals surface area (Å²) >= 11 is 0. The standard InChI is InChI=1S/C13H19NO2/c1-8(2)12(14)13(15)16-11-6-9(3)5-10(4)7-11/h5-8,12H,14H2,1-4H3. The Balaban J connectivity index is 2.77. The summed E-state index contributed by atoms with van der Waals surface area (Å²) in [7, 11) is 0. The molecule has 0 heterocycles. The van der Waals surface area contributed by atoms with Gasteiger partial charge in [0.1, 0.15) is 11.8 Å². The number of aryl methyl sites for hydroxylation is 2. The van der Waals surface area contributed by atoms with E-state index >= 15 is 0 Å². The number of nitrogens with two attached hydrogens (primary N) is 1. The monoisotopic (exact) mass is 221 g/mol. The number of carbonyl (C=O) groups is 1. The molecule has 0 saturated carbocycles. The second-order valence-corrected chi connectivity index (χ2v) is 4.51. The molecule has 0 aliphatic heterocycles. The maximum Gasteiger partial charge on any atom is 0.328 e. The van der Waals surface area contributed by atoms with Crippen LogP contribution in [0, 0.1) is 19.8 Å². The summed E-state index contributed by atoms with van der Waals surface area (Å²) in [6, 6.07) is 5.12. The van der Waals surface area contributed by atoms with Gasteiger partial charge in [0.25, 0.3) is 0 Å². The van der Waals surface area contributed by atoms with Gasteiger partial charge in [-0.3, -0.25) is 0 Å². The average molecular weight is 221 g/mol. The van der Waals surface area contributed by atoms with Crippen LogP contribution in [0.15, 0.2) is 18.2 Å². The molecule has 0 amide bonds. The maximum absolute atomic E-state index is 11.6. The topological polar surface area (TPSA) is 52.3 Å². The highest BCUT2D eigenvalue weighted by atomic mass is 16.5. The smallest absolute Gasteiger partial charge is 0.328 e. The molecule has 0 aromatic heterocycles. The van der Waals surface area contributed by atoms with Crippen molar-refractivity contribution in [1.82, 2.24) is 0 Å². The molecule has 1 aromatic rings. The fourth-order valence-corrected chi connectivity index (χ4v) is 1.45. The molecule has 16 heavy (non-hydrogen) atoms. The molecule has 0 radical (unpaired) electrons. The van der Waals surface area contributed by atoms with Crippen molar-refractivity contribution in [2.24, 2.45) is 11.7 Å². The zero-order valence-corrected chi connectivity index (χ0v) is 10.3. The number of carbonyl (C=O) groups excluding carboxylic acids is 1. The Morgan fingerprint density at radius 2 is 1.69 bits per heavy atom. The third kappa shape index (κ3) is 3.35. The lowest BCUT2D eigenvalue weighted by atomic mass is 10.1. The molecule has 1 atom stereocenters. The van der Waals surface area contributed by atoms with Crippen LogP contribution in [0.5, 0.6) is 5.75 Å². The van der Waals surface area contributed by atoms with Gasteiger partial charge in [-0.15, -0.1) is 0 Å². The fraction of sp³-hybridized carbons (Fsp3) is 0.462. The van der Waals surface area contributed by atoms with Crippen molar-refractivity contribution in [3.63, 3.8) is 0 Å². The van der Waals surface area contributed by atoms with Crippen molar-refractivity contribution in [3.05, 3.63) is 29.3 Å². The van der Waals surface area contributed by atoms with Gasteiger partial charge in [-0.1, -0.05) is 19.9 Å². The lowest BCUT2D eigenvalue weighted by Crippen LogP contribution is -2.38. The van der Waals surface area contributed by atoms with Crippen molar-refractivity contribution in [2.75, 3.05) is 0 Å². The normalized spacial score (nSPS) is 12.6. The van der Waals surface area contributed by atoms with Crippen molar-refractivity contribution in [1.29, 1.82) is 0 Å². The summed E-state index contributed by atoms with van der Waals surface area (Å²) in [6.07, 6.45) is 0. The molecule has 0 saturated heterocycles. The summed E-state index contributed by atoms with van der Waals surface area (Å²) in [5.74, 6) is 0.275. The molecule has 1 aromatic carbocycles. The minimum absolute atomic E-state index is 0.0819. The van der Waals surface area contributed by atoms with Crippen LogP contribution < -0.4 is 10.5 Å². The van der Waals surface area contributed by atoms with E-state index < -0.39 is 6.04 Å². The van der Waals surface area contributed by atoms with Crippen LogP contribution in [-0.4, -0.2) is 12.0 Å². The first-order chi connectivity index (χ1) is 7.40. The van der Waals surface area contributed by atoms with E-state index in [1.165, 1.54) is 0 Å². The average Bonchev–Trinajstić information content (AvgIpc) is 2.14. The van der Waals surface area contributed by atoms with Gasteiger partial charge in [-0.25, -0.2) is 4.79 Å². The van der Waals surface area contributed by atoms with Crippen LogP contribution >= 0.6 is 0 Å². The third-order valence-electron chi connectivity index (χ3n) is 2.40. The third-order valence-corrected chi connectivity index (χ3v) is 2.40. The Bertz CT molecular complexity index is 365. The molecular weight excluding hydrogens is 202 g/mol. The van der Waals surface area contributed by atoms with Gasteiger partial charge in [-0.2, -0.15) is 0 Å². The van der Waals surface area contributed by atoms with E-state index in [9.17, 15) is 4.79 Å². The highest BCUT2D eigenvalue weighted by Gasteiger charge is 2.19. The van der Waals surface area contributed by atoms with Crippen LogP contribution in [0.1, 0.15) is 25.0 Å². The fourth-order valence-electron chi connectivity index (χ4n) is 1.45. The highest BCUT2D eigenvalue weighted by molar-refractivity contribution is 5.78. The van der Waals surface area contributed by atoms with Crippen LogP contribution in [0.4, 0.5) is 0 Å². The summed E-state index contributed by atoms with van der Waals surface area (Å²) in [6.45, 7) is 7.72. The maximum atomic E-state index is 11.6. The number of hydrogen-bond donors (Lipinski definition) is 1. The highest BCUT2D eigenvalue weighted by Crippen LogP contribution is 2.17. The molecule has 0 spiro atoms. The van der Waals surface area contributed by atoms with Gasteiger partial charge in [0.15, 0.2) is 0 Å². The van der Waals surface area contributed by atoms with Crippen LogP contribution in [0.25, 0.3) is 0 Å². The summed E-state index contributed by atoms with van der Waals surface area (Å²) in [4.78, 5) is 11.6. The molecule has 1 rings (SSSR count). The second kappa shape index (κ2) is 5.12. The van der Waals surface area contributed by atoms with Gasteiger partial charge in [0.2, 0.25) is 0 Å². The van der Waals surface area contributed by atoms with Gasteiger partial charge in [0, 0.05) is 0 Å². The zero-order valence-electron chi connectivity index (χ0n) is 10.3. The largest absolute Gasteiger partial charge is 0.425 e. The Morgan fingerprint density at radius 1 is 1.19 bits per heavy atom. The minimum atomic E-state index is -0.569. The van der Waals surface area contributed by atoms with E-state index in [1.807, 2.05) is 45.9 Å². The van der Waals surface area contributed by atoms with Crippen molar-refractivity contribution >= 4 is 5.97 Å². The van der Waals surface area contributed by atoms with Gasteiger partial charge in [-0.05, 0) is 43.0 Å². The number of rotatable bonds is 3. The van der Waals surface area contributed by atoms with E-state index in [0.717, 1.165) is 11.1 Å².